The third-order valence-corrected chi connectivity index (χ3v) is 12.5. The van der Waals surface area contributed by atoms with Crippen molar-refractivity contribution >= 4 is 44.6 Å². The van der Waals surface area contributed by atoms with Gasteiger partial charge >= 0.3 is 6.09 Å². The Morgan fingerprint density at radius 2 is 1.90 bits per heavy atom. The monoisotopic (exact) mass is 727 g/mol. The molecule has 51 heavy (non-hydrogen) atoms. The van der Waals surface area contributed by atoms with Crippen molar-refractivity contribution in [3.05, 3.63) is 42.6 Å². The standard InChI is InChI=1S/C35H45N5O10S/c1-5-48-27-18-36-30(25-13-9-8-12-24(25)27)50-23-16-26-29(41)38-35(32(43)39-51(46,47)34(4)14-15-34)17-22(35)11-7-6-10-20(2)49-21(3)28(37-33(44)45)31(42)40(26)19-23/h7-9,11-13,18,20-23,26,28,37H,5-6,10,14-17,19H2,1-4H3,(H,38,41)(H,39,43)(H,44,45)/b11-7-/t20-,21+,22-,23-,26+,28+,35-/m1/s1. The predicted molar refractivity (Wildman–Crippen MR) is 184 cm³/mol. The molecule has 4 N–H and O–H groups in total. The van der Waals surface area contributed by atoms with Crippen molar-refractivity contribution in [3.63, 3.8) is 0 Å². The van der Waals surface area contributed by atoms with Gasteiger partial charge in [-0.05, 0) is 65.9 Å². The minimum atomic E-state index is -4.01. The molecule has 7 atom stereocenters. The van der Waals surface area contributed by atoms with E-state index in [1.54, 1.807) is 26.1 Å². The number of sulfonamides is 1. The summed E-state index contributed by atoms with van der Waals surface area (Å²) in [5.74, 6) is -1.94. The van der Waals surface area contributed by atoms with Crippen molar-refractivity contribution in [2.45, 2.75) is 107 Å². The number of hydrogen-bond donors (Lipinski definition) is 4. The number of benzene rings is 1. The number of nitrogens with one attached hydrogen (secondary N) is 3. The van der Waals surface area contributed by atoms with Gasteiger partial charge in [0, 0.05) is 23.1 Å². The van der Waals surface area contributed by atoms with E-state index in [1.165, 1.54) is 4.90 Å². The number of carbonyl (C=O) groups excluding carboxylic acids is 3. The van der Waals surface area contributed by atoms with Crippen molar-refractivity contribution < 1.29 is 46.9 Å². The zero-order valence-corrected chi connectivity index (χ0v) is 29.9. The summed E-state index contributed by atoms with van der Waals surface area (Å²) in [6.45, 7) is 7.14. The van der Waals surface area contributed by atoms with Crippen LogP contribution in [0.25, 0.3) is 10.8 Å². The number of nitrogens with zero attached hydrogens (tertiary/aromatic N) is 2. The quantitative estimate of drug-likeness (QED) is 0.291. The van der Waals surface area contributed by atoms with Gasteiger partial charge in [0.15, 0.2) is 0 Å². The van der Waals surface area contributed by atoms with Crippen LogP contribution in [0.15, 0.2) is 42.6 Å². The maximum absolute atomic E-state index is 14.3. The number of carbonyl (C=O) groups is 4. The molecule has 2 aliphatic carbocycles. The van der Waals surface area contributed by atoms with Crippen molar-refractivity contribution in [1.29, 1.82) is 0 Å². The summed E-state index contributed by atoms with van der Waals surface area (Å²) in [6.07, 6.45) is 3.70. The van der Waals surface area contributed by atoms with E-state index in [-0.39, 0.29) is 31.4 Å². The smallest absolute Gasteiger partial charge is 0.405 e. The highest BCUT2D eigenvalue weighted by atomic mass is 32.2. The Morgan fingerprint density at radius 1 is 1.18 bits per heavy atom. The Balaban J connectivity index is 1.34. The van der Waals surface area contributed by atoms with Gasteiger partial charge in [0.1, 0.15) is 29.5 Å². The summed E-state index contributed by atoms with van der Waals surface area (Å²) in [4.78, 5) is 59.9. The summed E-state index contributed by atoms with van der Waals surface area (Å²) in [7, 11) is -4.01. The minimum absolute atomic E-state index is 0.0270. The van der Waals surface area contributed by atoms with Crippen molar-refractivity contribution in [2.75, 3.05) is 13.2 Å². The molecule has 2 saturated carbocycles. The Labute approximate surface area is 296 Å². The van der Waals surface area contributed by atoms with Crippen LogP contribution in [0.3, 0.4) is 0 Å². The number of aromatic nitrogens is 1. The van der Waals surface area contributed by atoms with Gasteiger partial charge in [0.05, 0.1) is 36.3 Å². The van der Waals surface area contributed by atoms with Crippen LogP contribution in [0.5, 0.6) is 11.6 Å². The maximum atomic E-state index is 14.3. The van der Waals surface area contributed by atoms with Crippen LogP contribution in [0.4, 0.5) is 4.79 Å². The molecule has 276 valence electrons. The fourth-order valence-corrected chi connectivity index (χ4v) is 8.21. The molecule has 1 aromatic carbocycles. The van der Waals surface area contributed by atoms with Crippen LogP contribution in [0, 0.1) is 5.92 Å². The number of ether oxygens (including phenoxy) is 3. The van der Waals surface area contributed by atoms with Gasteiger partial charge in [-0.15, -0.1) is 0 Å². The van der Waals surface area contributed by atoms with Crippen LogP contribution in [0.2, 0.25) is 0 Å². The molecule has 3 heterocycles. The molecule has 1 saturated heterocycles. The molecule has 1 aromatic heterocycles. The summed E-state index contributed by atoms with van der Waals surface area (Å²) < 4.78 is 45.5. The van der Waals surface area contributed by atoms with Crippen molar-refractivity contribution in [2.24, 2.45) is 5.92 Å². The number of hydrogen-bond acceptors (Lipinski definition) is 10. The number of carboxylic acid groups (broad SMARTS) is 1. The van der Waals surface area contributed by atoms with Crippen LogP contribution in [0.1, 0.15) is 66.2 Å². The van der Waals surface area contributed by atoms with Crippen molar-refractivity contribution in [3.8, 4) is 11.6 Å². The normalized spacial score (nSPS) is 31.2. The average Bonchev–Trinajstić information content (AvgIpc) is 3.96. The second kappa shape index (κ2) is 13.9. The third kappa shape index (κ3) is 7.34. The van der Waals surface area contributed by atoms with E-state index in [0.717, 1.165) is 5.39 Å². The molecule has 2 aliphatic heterocycles. The highest BCUT2D eigenvalue weighted by Crippen LogP contribution is 2.47. The lowest BCUT2D eigenvalue weighted by Crippen LogP contribution is -2.60. The van der Waals surface area contributed by atoms with Gasteiger partial charge in [-0.25, -0.2) is 18.2 Å². The van der Waals surface area contributed by atoms with Gasteiger partial charge in [0.25, 0.3) is 5.91 Å². The first-order chi connectivity index (χ1) is 24.2. The lowest BCUT2D eigenvalue weighted by Gasteiger charge is -2.32. The molecule has 15 nitrogen and oxygen atoms in total. The predicted octanol–water partition coefficient (Wildman–Crippen LogP) is 2.64. The van der Waals surface area contributed by atoms with Crippen LogP contribution in [-0.2, 0) is 29.1 Å². The lowest BCUT2D eigenvalue weighted by molar-refractivity contribution is -0.144. The Morgan fingerprint density at radius 3 is 2.59 bits per heavy atom. The first kappa shape index (κ1) is 36.4. The molecule has 4 aliphatic rings. The molecule has 2 aromatic rings. The number of allylic oxidation sites excluding steroid dienone is 1. The zero-order chi connectivity index (χ0) is 36.7. The highest BCUT2D eigenvalue weighted by molar-refractivity contribution is 7.91. The SMILES string of the molecule is CCOc1cnc(O[C@@H]2C[C@H]3C(=O)N[C@]4(C(=O)NS(=O)(=O)C5(C)CC5)C[C@H]4/C=C\CC[C@@H](C)O[C@@H](C)[C@H](NC(=O)O)C(=O)N3C2)c2ccccc12. The van der Waals surface area contributed by atoms with Crippen LogP contribution < -0.4 is 24.8 Å². The second-order valence-electron chi connectivity index (χ2n) is 14.1. The fraction of sp³-hybridized carbons (Fsp3) is 0.571. The van der Waals surface area contributed by atoms with Crippen LogP contribution >= 0.6 is 0 Å². The van der Waals surface area contributed by atoms with Crippen LogP contribution in [-0.4, -0.2) is 101 Å². The molecular weight excluding hydrogens is 682 g/mol. The molecule has 16 heteroatoms. The minimum Gasteiger partial charge on any atom is -0.492 e. The Hall–Kier alpha value is -4.44. The third-order valence-electron chi connectivity index (χ3n) is 10.3. The Bertz CT molecular complexity index is 1850. The molecule has 3 fully saturated rings. The summed E-state index contributed by atoms with van der Waals surface area (Å²) in [5, 5.41) is 16.2. The Kier molecular flexibility index (Phi) is 9.94. The maximum Gasteiger partial charge on any atom is 0.405 e. The topological polar surface area (TPSA) is 203 Å². The summed E-state index contributed by atoms with van der Waals surface area (Å²) >= 11 is 0. The average molecular weight is 728 g/mol. The molecule has 4 amide bonds. The summed E-state index contributed by atoms with van der Waals surface area (Å²) in [6, 6.07) is 4.77. The van der Waals surface area contributed by atoms with E-state index < -0.39 is 74.3 Å². The lowest BCUT2D eigenvalue weighted by atomic mass is 10.1. The number of amides is 4. The molecule has 0 bridgehead atoms. The highest BCUT2D eigenvalue weighted by Gasteiger charge is 2.63. The number of pyridine rings is 1. The van der Waals surface area contributed by atoms with Crippen molar-refractivity contribution in [1.82, 2.24) is 25.2 Å². The van der Waals surface area contributed by atoms with Gasteiger partial charge in [0.2, 0.25) is 27.7 Å². The van der Waals surface area contributed by atoms with Gasteiger partial charge in [-0.3, -0.25) is 19.1 Å². The van der Waals surface area contributed by atoms with E-state index in [2.05, 4.69) is 20.3 Å². The molecular formula is C35H45N5O10S. The number of fused-ring (bicyclic) bond motifs is 3. The fourth-order valence-electron chi connectivity index (χ4n) is 6.90. The summed E-state index contributed by atoms with van der Waals surface area (Å²) in [5.41, 5.74) is -1.57. The number of rotatable bonds is 8. The molecule has 0 unspecified atom stereocenters. The van der Waals surface area contributed by atoms with Gasteiger partial charge in [-0.1, -0.05) is 30.4 Å². The molecule has 0 spiro atoms. The van der Waals surface area contributed by atoms with E-state index >= 15 is 0 Å². The largest absolute Gasteiger partial charge is 0.492 e. The van der Waals surface area contributed by atoms with E-state index in [4.69, 9.17) is 14.2 Å². The molecule has 0 radical (unpaired) electrons. The molecule has 6 rings (SSSR count). The second-order valence-corrected chi connectivity index (χ2v) is 16.3. The van der Waals surface area contributed by atoms with Gasteiger partial charge < -0.3 is 34.9 Å². The first-order valence-electron chi connectivity index (χ1n) is 17.4. The van der Waals surface area contributed by atoms with E-state index in [1.807, 2.05) is 44.2 Å². The van der Waals surface area contributed by atoms with E-state index in [9.17, 15) is 32.7 Å². The van der Waals surface area contributed by atoms with E-state index in [0.29, 0.717) is 43.4 Å². The zero-order valence-electron chi connectivity index (χ0n) is 29.1. The van der Waals surface area contributed by atoms with Gasteiger partial charge in [-0.2, -0.15) is 0 Å². The first-order valence-corrected chi connectivity index (χ1v) is 18.8.